The third-order valence-corrected chi connectivity index (χ3v) is 22.6. The Balaban J connectivity index is 0.000000140. The summed E-state index contributed by atoms with van der Waals surface area (Å²) in [5.41, 5.74) is 27.6. The summed E-state index contributed by atoms with van der Waals surface area (Å²) in [7, 11) is 0. The summed E-state index contributed by atoms with van der Waals surface area (Å²) in [6.45, 7) is 0. The Morgan fingerprint density at radius 2 is 0.447 bits per heavy atom. The van der Waals surface area contributed by atoms with E-state index in [0.29, 0.717) is 0 Å². The first-order valence-corrected chi connectivity index (χ1v) is 38.5. The van der Waals surface area contributed by atoms with E-state index < -0.39 is 0 Å². The van der Waals surface area contributed by atoms with Crippen molar-refractivity contribution in [1.82, 2.24) is 39.9 Å². The average molecular weight is 1450 g/mol. The molecule has 114 heavy (non-hydrogen) atoms. The topological polar surface area (TPSA) is 103 Å². The van der Waals surface area contributed by atoms with E-state index in [1.807, 2.05) is 49.1 Å². The Hall–Kier alpha value is -15.4. The minimum atomic E-state index is 0.920. The predicted molar refractivity (Wildman–Crippen MR) is 474 cm³/mol. The van der Waals surface area contributed by atoms with E-state index >= 15 is 0 Å². The molecule has 0 aliphatic carbocycles. The number of benzene rings is 15. The smallest absolute Gasteiger partial charge is 0.0970 e. The van der Waals surface area contributed by atoms with Gasteiger partial charge in [0, 0.05) is 90.1 Å². The highest BCUT2D eigenvalue weighted by atomic mass is 14.8. The van der Waals surface area contributed by atoms with Crippen molar-refractivity contribution in [3.63, 3.8) is 0 Å². The van der Waals surface area contributed by atoms with Crippen LogP contribution in [-0.4, -0.2) is 39.9 Å². The molecule has 0 aliphatic rings. The van der Waals surface area contributed by atoms with Crippen molar-refractivity contribution >= 4 is 130 Å². The van der Waals surface area contributed by atoms with Crippen LogP contribution in [0.1, 0.15) is 0 Å². The van der Waals surface area contributed by atoms with Gasteiger partial charge in [-0.25, -0.2) is 19.9 Å². The summed E-state index contributed by atoms with van der Waals surface area (Å²) in [5, 5.41) is 18.5. The summed E-state index contributed by atoms with van der Waals surface area (Å²) in [6.07, 6.45) is 7.32. The lowest BCUT2D eigenvalue weighted by atomic mass is 9.87. The fraction of sp³-hybridized carbons (Fsp3) is 0. The monoisotopic (exact) mass is 1450 g/mol. The van der Waals surface area contributed by atoms with Crippen molar-refractivity contribution in [1.29, 1.82) is 0 Å². The minimum absolute atomic E-state index is 0.920. The first-order chi connectivity index (χ1) is 56.5. The fourth-order valence-corrected chi connectivity index (χ4v) is 17.1. The molecule has 8 heteroatoms. The lowest BCUT2D eigenvalue weighted by molar-refractivity contribution is 1.37. The Morgan fingerprint density at radius 3 is 0.860 bits per heavy atom. The van der Waals surface area contributed by atoms with Gasteiger partial charge in [-0.3, -0.25) is 19.9 Å². The molecule has 0 saturated carbocycles. The molecule has 15 aromatic carbocycles. The Kier molecular flexibility index (Phi) is 15.7. The van der Waals surface area contributed by atoms with Crippen LogP contribution in [-0.2, 0) is 0 Å². The van der Waals surface area contributed by atoms with Crippen LogP contribution in [0.3, 0.4) is 0 Å². The number of aromatic nitrogens is 8. The molecule has 0 bridgehead atoms. The summed E-state index contributed by atoms with van der Waals surface area (Å²) < 4.78 is 0. The molecule has 0 spiro atoms. The van der Waals surface area contributed by atoms with E-state index in [9.17, 15) is 0 Å². The number of hydrogen-bond donors (Lipinski definition) is 0. The summed E-state index contributed by atoms with van der Waals surface area (Å²) >= 11 is 0. The molecule has 0 unspecified atom stereocenters. The van der Waals surface area contributed by atoms with Crippen molar-refractivity contribution < 1.29 is 0 Å². The molecule has 23 rings (SSSR count). The second-order valence-electron chi connectivity index (χ2n) is 29.3. The maximum absolute atomic E-state index is 5.30. The highest BCUT2D eigenvalue weighted by Gasteiger charge is 2.21. The van der Waals surface area contributed by atoms with E-state index in [2.05, 4.69) is 355 Å². The summed E-state index contributed by atoms with van der Waals surface area (Å²) in [5.74, 6) is 0. The van der Waals surface area contributed by atoms with Gasteiger partial charge in [-0.1, -0.05) is 249 Å². The average Bonchev–Trinajstić information content (AvgIpc) is 0.750. The van der Waals surface area contributed by atoms with Crippen LogP contribution in [0.15, 0.2) is 389 Å². The van der Waals surface area contributed by atoms with E-state index in [1.54, 1.807) is 0 Å². The molecule has 23 aromatic rings. The fourth-order valence-electron chi connectivity index (χ4n) is 17.1. The molecule has 0 N–H and O–H groups in total. The lowest BCUT2D eigenvalue weighted by Crippen LogP contribution is -1.93. The van der Waals surface area contributed by atoms with Crippen LogP contribution < -0.4 is 0 Å². The molecule has 8 aromatic heterocycles. The van der Waals surface area contributed by atoms with E-state index in [0.717, 1.165) is 171 Å². The number of pyridine rings is 8. The number of nitrogens with zero attached hydrogens (tertiary/aromatic N) is 8. The Morgan fingerprint density at radius 1 is 0.149 bits per heavy atom. The second kappa shape index (κ2) is 27.3. The van der Waals surface area contributed by atoms with Gasteiger partial charge in [0.25, 0.3) is 0 Å². The van der Waals surface area contributed by atoms with Gasteiger partial charge in [-0.15, -0.1) is 0 Å². The van der Waals surface area contributed by atoms with Crippen molar-refractivity contribution in [2.45, 2.75) is 0 Å². The number of fused-ring (bicyclic) bond motifs is 14. The predicted octanol–water partition coefficient (Wildman–Crippen LogP) is 27.4. The van der Waals surface area contributed by atoms with Crippen LogP contribution in [0.25, 0.3) is 231 Å². The third-order valence-electron chi connectivity index (χ3n) is 22.6. The molecule has 0 radical (unpaired) electrons. The molecular weight excluding hydrogens is 1390 g/mol. The normalized spacial score (nSPS) is 11.7. The van der Waals surface area contributed by atoms with Crippen molar-refractivity contribution in [3.05, 3.63) is 389 Å². The Labute approximate surface area is 655 Å². The maximum atomic E-state index is 5.30. The molecule has 0 saturated heterocycles. The standard InChI is InChI=1S/C56H34N4.C50H30N4/c1-2-10-37(11-3-1)53-43-13-4-6-15-45(43)54(46-16-7-5-14-44(46)53)52-29-25-41-33-39(23-27-51(41)60-52)38-22-26-50-40(32-38)24-28-49(59-50)36-20-18-35(19-21-36)48-34-42-12-8-30-57-55(42)56-47(48)17-9-31-58-56;1-3-10-40-35(7-1)29-36-8-2-4-11-41(36)48(40)47-24-20-38-28-34(18-22-46(38)54-47)33-17-21-45-37(27-33)19-23-44(53-45)32-15-13-31(14-16-32)43-30-39-9-5-25-51-49(39)50-42(43)12-6-26-52-50/h1-34H;1-30H. The van der Waals surface area contributed by atoms with Crippen molar-refractivity contribution in [3.8, 4) is 101 Å². The molecule has 8 nitrogen and oxygen atoms in total. The maximum Gasteiger partial charge on any atom is 0.0970 e. The third kappa shape index (κ3) is 11.5. The Bertz CT molecular complexity index is 7750. The minimum Gasteiger partial charge on any atom is -0.254 e. The van der Waals surface area contributed by atoms with Crippen molar-refractivity contribution in [2.75, 3.05) is 0 Å². The van der Waals surface area contributed by atoms with Gasteiger partial charge in [-0.05, 0) is 214 Å². The molecular formula is C106H64N8. The highest BCUT2D eigenvalue weighted by molar-refractivity contribution is 6.22. The molecule has 0 amide bonds. The zero-order valence-electron chi connectivity index (χ0n) is 61.5. The molecule has 0 aliphatic heterocycles. The summed E-state index contributed by atoms with van der Waals surface area (Å²) in [6, 6.07) is 129. The molecule has 528 valence electrons. The molecule has 8 heterocycles. The quantitative estimate of drug-likeness (QED) is 0.104. The van der Waals surface area contributed by atoms with Gasteiger partial charge in [0.1, 0.15) is 0 Å². The van der Waals surface area contributed by atoms with Crippen LogP contribution in [0, 0.1) is 0 Å². The van der Waals surface area contributed by atoms with Gasteiger partial charge >= 0.3 is 0 Å². The van der Waals surface area contributed by atoms with Gasteiger partial charge in [0.05, 0.1) is 66.9 Å². The van der Waals surface area contributed by atoms with Crippen LogP contribution >= 0.6 is 0 Å². The zero-order valence-corrected chi connectivity index (χ0v) is 61.5. The van der Waals surface area contributed by atoms with Crippen molar-refractivity contribution in [2.24, 2.45) is 0 Å². The van der Waals surface area contributed by atoms with Crippen LogP contribution in [0.4, 0.5) is 0 Å². The second-order valence-corrected chi connectivity index (χ2v) is 29.3. The number of hydrogen-bond acceptors (Lipinski definition) is 8. The summed E-state index contributed by atoms with van der Waals surface area (Å²) in [4.78, 5) is 39.3. The zero-order chi connectivity index (χ0) is 75.2. The highest BCUT2D eigenvalue weighted by Crippen LogP contribution is 2.45. The van der Waals surface area contributed by atoms with E-state index in [1.165, 1.54) is 59.8 Å². The SMILES string of the molecule is c1ccc(-c2c3ccccc3c(-c3ccc4cc(-c5ccc6nc(-c7ccc(-c8cc9cccnc9c9ncccc89)cc7)ccc6c5)ccc4n3)c3ccccc23)cc1.c1ccc2c(-c3ccc4cc(-c5ccc6nc(-c7ccc(-c8cc9cccnc9c9ncccc89)cc7)ccc6c5)ccc4n3)c3ccccc3cc2c1. The van der Waals surface area contributed by atoms with Gasteiger partial charge in [0.15, 0.2) is 0 Å². The first-order valence-electron chi connectivity index (χ1n) is 38.5. The van der Waals surface area contributed by atoms with Crippen LogP contribution in [0.5, 0.6) is 0 Å². The molecule has 0 fully saturated rings. The lowest BCUT2D eigenvalue weighted by Gasteiger charge is -2.17. The largest absolute Gasteiger partial charge is 0.254 e. The molecule has 0 atom stereocenters. The van der Waals surface area contributed by atoms with Crippen LogP contribution in [0.2, 0.25) is 0 Å². The first kappa shape index (κ1) is 65.7. The van der Waals surface area contributed by atoms with E-state index in [4.69, 9.17) is 24.9 Å². The van der Waals surface area contributed by atoms with E-state index in [-0.39, 0.29) is 0 Å². The van der Waals surface area contributed by atoms with Gasteiger partial charge < -0.3 is 0 Å². The van der Waals surface area contributed by atoms with Gasteiger partial charge in [0.2, 0.25) is 0 Å². The number of rotatable bonds is 9. The van der Waals surface area contributed by atoms with Gasteiger partial charge in [-0.2, -0.15) is 0 Å².